The lowest BCUT2D eigenvalue weighted by Gasteiger charge is -2.07. The van der Waals surface area contributed by atoms with E-state index in [9.17, 15) is 4.79 Å². The summed E-state index contributed by atoms with van der Waals surface area (Å²) in [5.74, 6) is 0.574. The predicted octanol–water partition coefficient (Wildman–Crippen LogP) is 2.21. The molecule has 7 heteroatoms. The fourth-order valence-electron chi connectivity index (χ4n) is 3.09. The summed E-state index contributed by atoms with van der Waals surface area (Å²) in [5, 5.41) is 11.7. The van der Waals surface area contributed by atoms with E-state index < -0.39 is 0 Å². The molecule has 0 bridgehead atoms. The number of hydrogen-bond donors (Lipinski definition) is 1. The Hall–Kier alpha value is -2.96. The van der Waals surface area contributed by atoms with Gasteiger partial charge in [-0.2, -0.15) is 10.2 Å². The summed E-state index contributed by atoms with van der Waals surface area (Å²) in [4.78, 5) is 16.7. The molecule has 1 N–H and O–H groups in total. The fraction of sp³-hybridized carbons (Fsp3) is 0.368. The molecular formula is C19H24N6O. The van der Waals surface area contributed by atoms with Crippen LogP contribution in [0.15, 0.2) is 24.4 Å². The van der Waals surface area contributed by atoms with Crippen LogP contribution in [0.4, 0.5) is 0 Å². The zero-order chi connectivity index (χ0) is 18.8. The SMILES string of the molecule is Cc1cc(C)n(-c2ccc(C(=O)NCCc3c(C)nn(C)c3C)cn2)n1. The molecule has 0 saturated heterocycles. The molecule has 0 aliphatic heterocycles. The molecule has 3 aromatic rings. The minimum absolute atomic E-state index is 0.128. The Morgan fingerprint density at radius 3 is 2.46 bits per heavy atom. The Bertz CT molecular complexity index is 936. The zero-order valence-electron chi connectivity index (χ0n) is 15.9. The number of rotatable bonds is 5. The van der Waals surface area contributed by atoms with Crippen LogP contribution in [0.3, 0.4) is 0 Å². The molecule has 7 nitrogen and oxygen atoms in total. The number of carbonyl (C=O) groups excluding carboxylic acids is 1. The van der Waals surface area contributed by atoms with E-state index in [0.29, 0.717) is 17.9 Å². The third-order valence-electron chi connectivity index (χ3n) is 4.56. The molecule has 0 radical (unpaired) electrons. The molecule has 1 amide bonds. The second-order valence-electron chi connectivity index (χ2n) is 6.52. The first-order valence-corrected chi connectivity index (χ1v) is 8.63. The number of pyridine rings is 1. The number of aryl methyl sites for hydroxylation is 4. The number of hydrogen-bond acceptors (Lipinski definition) is 4. The van der Waals surface area contributed by atoms with Gasteiger partial charge in [0.25, 0.3) is 5.91 Å². The van der Waals surface area contributed by atoms with E-state index in [2.05, 4.69) is 20.5 Å². The van der Waals surface area contributed by atoms with E-state index in [1.807, 2.05) is 51.6 Å². The molecule has 0 fully saturated rings. The Kier molecular flexibility index (Phi) is 4.88. The molecule has 3 rings (SSSR count). The van der Waals surface area contributed by atoms with Crippen molar-refractivity contribution in [3.8, 4) is 5.82 Å². The summed E-state index contributed by atoms with van der Waals surface area (Å²) < 4.78 is 3.64. The quantitative estimate of drug-likeness (QED) is 0.764. The monoisotopic (exact) mass is 352 g/mol. The maximum absolute atomic E-state index is 12.3. The minimum Gasteiger partial charge on any atom is -0.352 e. The average molecular weight is 352 g/mol. The van der Waals surface area contributed by atoms with Crippen molar-refractivity contribution in [2.75, 3.05) is 6.54 Å². The van der Waals surface area contributed by atoms with Gasteiger partial charge in [0.15, 0.2) is 5.82 Å². The Morgan fingerprint density at radius 1 is 1.15 bits per heavy atom. The number of aromatic nitrogens is 5. The number of amides is 1. The van der Waals surface area contributed by atoms with Gasteiger partial charge in [-0.1, -0.05) is 0 Å². The molecule has 0 spiro atoms. The van der Waals surface area contributed by atoms with Crippen LogP contribution in [0.25, 0.3) is 5.82 Å². The molecule has 0 aromatic carbocycles. The largest absolute Gasteiger partial charge is 0.352 e. The molecule has 0 atom stereocenters. The lowest BCUT2D eigenvalue weighted by molar-refractivity contribution is 0.0953. The number of nitrogens with one attached hydrogen (secondary N) is 1. The third-order valence-corrected chi connectivity index (χ3v) is 4.56. The molecule has 26 heavy (non-hydrogen) atoms. The molecule has 136 valence electrons. The predicted molar refractivity (Wildman–Crippen MR) is 99.6 cm³/mol. The van der Waals surface area contributed by atoms with Crippen molar-refractivity contribution in [2.24, 2.45) is 7.05 Å². The van der Waals surface area contributed by atoms with Crippen LogP contribution < -0.4 is 5.32 Å². The van der Waals surface area contributed by atoms with Crippen molar-refractivity contribution in [3.05, 3.63) is 58.3 Å². The molecule has 0 aliphatic rings. The Labute approximate surface area is 153 Å². The lowest BCUT2D eigenvalue weighted by Crippen LogP contribution is -2.26. The molecular weight excluding hydrogens is 328 g/mol. The lowest BCUT2D eigenvalue weighted by atomic mass is 10.1. The highest BCUT2D eigenvalue weighted by Crippen LogP contribution is 2.12. The average Bonchev–Trinajstić information content (AvgIpc) is 3.07. The molecule has 0 unspecified atom stereocenters. The van der Waals surface area contributed by atoms with E-state index in [4.69, 9.17) is 0 Å². The van der Waals surface area contributed by atoms with E-state index >= 15 is 0 Å². The Morgan fingerprint density at radius 2 is 1.92 bits per heavy atom. The first-order chi connectivity index (χ1) is 12.4. The van der Waals surface area contributed by atoms with Crippen molar-refractivity contribution in [1.82, 2.24) is 29.9 Å². The van der Waals surface area contributed by atoms with Gasteiger partial charge in [0.2, 0.25) is 0 Å². The summed E-state index contributed by atoms with van der Waals surface area (Å²) in [6, 6.07) is 5.57. The summed E-state index contributed by atoms with van der Waals surface area (Å²) in [6.45, 7) is 8.51. The summed E-state index contributed by atoms with van der Waals surface area (Å²) in [7, 11) is 1.93. The van der Waals surface area contributed by atoms with Crippen molar-refractivity contribution in [3.63, 3.8) is 0 Å². The fourth-order valence-corrected chi connectivity index (χ4v) is 3.09. The topological polar surface area (TPSA) is 77.6 Å². The van der Waals surface area contributed by atoms with Crippen LogP contribution in [-0.4, -0.2) is 37.0 Å². The van der Waals surface area contributed by atoms with Gasteiger partial charge in [0.05, 0.1) is 17.0 Å². The zero-order valence-corrected chi connectivity index (χ0v) is 15.9. The van der Waals surface area contributed by atoms with Gasteiger partial charge < -0.3 is 5.32 Å². The number of nitrogens with zero attached hydrogens (tertiary/aromatic N) is 5. The standard InChI is InChI=1S/C19H24N6O/c1-12-10-13(2)25(22-12)18-7-6-16(11-21-18)19(26)20-9-8-17-14(3)23-24(5)15(17)4/h6-7,10-11H,8-9H2,1-5H3,(H,20,26). The van der Waals surface area contributed by atoms with Crippen molar-refractivity contribution in [2.45, 2.75) is 34.1 Å². The van der Waals surface area contributed by atoms with Gasteiger partial charge in [-0.3, -0.25) is 9.48 Å². The molecule has 3 heterocycles. The van der Waals surface area contributed by atoms with Crippen LogP contribution in [0, 0.1) is 27.7 Å². The summed E-state index contributed by atoms with van der Waals surface area (Å²) >= 11 is 0. The van der Waals surface area contributed by atoms with E-state index in [-0.39, 0.29) is 5.91 Å². The Balaban J connectivity index is 1.62. The van der Waals surface area contributed by atoms with Crippen LogP contribution in [0.5, 0.6) is 0 Å². The molecule has 0 saturated carbocycles. The van der Waals surface area contributed by atoms with E-state index in [1.54, 1.807) is 16.9 Å². The van der Waals surface area contributed by atoms with Crippen LogP contribution in [0.2, 0.25) is 0 Å². The van der Waals surface area contributed by atoms with Crippen molar-refractivity contribution in [1.29, 1.82) is 0 Å². The maximum Gasteiger partial charge on any atom is 0.252 e. The molecule has 3 aromatic heterocycles. The summed E-state index contributed by atoms with van der Waals surface area (Å²) in [5.41, 5.74) is 5.81. The minimum atomic E-state index is -0.128. The highest BCUT2D eigenvalue weighted by Gasteiger charge is 2.11. The normalized spacial score (nSPS) is 11.0. The van der Waals surface area contributed by atoms with Gasteiger partial charge in [-0.25, -0.2) is 9.67 Å². The summed E-state index contributed by atoms with van der Waals surface area (Å²) in [6.07, 6.45) is 2.34. The number of carbonyl (C=O) groups is 1. The van der Waals surface area contributed by atoms with Gasteiger partial charge >= 0.3 is 0 Å². The van der Waals surface area contributed by atoms with Crippen LogP contribution in [-0.2, 0) is 13.5 Å². The second-order valence-corrected chi connectivity index (χ2v) is 6.52. The van der Waals surface area contributed by atoms with Gasteiger partial charge in [-0.15, -0.1) is 0 Å². The first kappa shape index (κ1) is 17.8. The van der Waals surface area contributed by atoms with Gasteiger partial charge in [0.1, 0.15) is 0 Å². The van der Waals surface area contributed by atoms with Crippen molar-refractivity contribution < 1.29 is 4.79 Å². The highest BCUT2D eigenvalue weighted by molar-refractivity contribution is 5.93. The van der Waals surface area contributed by atoms with Crippen molar-refractivity contribution >= 4 is 5.91 Å². The van der Waals surface area contributed by atoms with Crippen LogP contribution >= 0.6 is 0 Å². The van der Waals surface area contributed by atoms with Gasteiger partial charge in [0, 0.05) is 31.2 Å². The first-order valence-electron chi connectivity index (χ1n) is 8.63. The van der Waals surface area contributed by atoms with E-state index in [0.717, 1.165) is 29.2 Å². The second kappa shape index (κ2) is 7.11. The van der Waals surface area contributed by atoms with Crippen LogP contribution in [0.1, 0.15) is 38.7 Å². The smallest absolute Gasteiger partial charge is 0.252 e. The highest BCUT2D eigenvalue weighted by atomic mass is 16.1. The third kappa shape index (κ3) is 3.51. The van der Waals surface area contributed by atoms with Gasteiger partial charge in [-0.05, 0) is 57.9 Å². The molecule has 0 aliphatic carbocycles. The van der Waals surface area contributed by atoms with E-state index in [1.165, 1.54) is 5.56 Å². The maximum atomic E-state index is 12.3.